The Kier molecular flexibility index (Phi) is 5.38. The van der Waals surface area contributed by atoms with Crippen LogP contribution in [0.3, 0.4) is 0 Å². The van der Waals surface area contributed by atoms with Gasteiger partial charge in [0.1, 0.15) is 0 Å². The number of thiazole rings is 1. The molecule has 1 unspecified atom stereocenters. The van der Waals surface area contributed by atoms with Crippen LogP contribution in [0.5, 0.6) is 0 Å². The predicted octanol–water partition coefficient (Wildman–Crippen LogP) is 1.44. The van der Waals surface area contributed by atoms with Crippen molar-refractivity contribution in [3.8, 4) is 0 Å². The van der Waals surface area contributed by atoms with Gasteiger partial charge in [-0.2, -0.15) is 0 Å². The number of carbonyl (C=O) groups is 2. The van der Waals surface area contributed by atoms with E-state index in [0.29, 0.717) is 0 Å². The van der Waals surface area contributed by atoms with Gasteiger partial charge in [0.25, 0.3) is 0 Å². The molecule has 1 aromatic rings. The van der Waals surface area contributed by atoms with Crippen molar-refractivity contribution < 1.29 is 9.59 Å². The number of hydrogen-bond donors (Lipinski definition) is 1. The third-order valence-electron chi connectivity index (χ3n) is 4.84. The first-order valence-electron chi connectivity index (χ1n) is 8.85. The maximum atomic E-state index is 12.2. The van der Waals surface area contributed by atoms with Crippen LogP contribution >= 0.6 is 11.3 Å². The fourth-order valence-corrected chi connectivity index (χ4v) is 4.56. The topological polar surface area (TPSA) is 65.5 Å². The number of anilines is 1. The zero-order valence-electron chi connectivity index (χ0n) is 14.5. The molecule has 2 aliphatic rings. The van der Waals surface area contributed by atoms with Gasteiger partial charge in [-0.15, -0.1) is 11.3 Å². The predicted molar refractivity (Wildman–Crippen MR) is 95.4 cm³/mol. The number of nitrogens with zero attached hydrogens (tertiary/aromatic N) is 3. The van der Waals surface area contributed by atoms with E-state index in [1.807, 2.05) is 4.90 Å². The van der Waals surface area contributed by atoms with Crippen LogP contribution in [0.4, 0.5) is 5.13 Å². The van der Waals surface area contributed by atoms with E-state index < -0.39 is 0 Å². The van der Waals surface area contributed by atoms with Crippen LogP contribution in [0, 0.1) is 5.92 Å². The molecule has 1 atom stereocenters. The van der Waals surface area contributed by atoms with E-state index in [-0.39, 0.29) is 17.7 Å². The van der Waals surface area contributed by atoms with Crippen molar-refractivity contribution in [2.45, 2.75) is 39.5 Å². The lowest BCUT2D eigenvalue weighted by molar-refractivity contribution is -0.129. The van der Waals surface area contributed by atoms with Crippen molar-refractivity contribution >= 4 is 28.3 Å². The molecule has 1 aliphatic carbocycles. The van der Waals surface area contributed by atoms with Crippen molar-refractivity contribution in [1.29, 1.82) is 0 Å². The largest absolute Gasteiger partial charge is 0.356 e. The zero-order chi connectivity index (χ0) is 17.1. The molecule has 1 aromatic heterocycles. The van der Waals surface area contributed by atoms with Gasteiger partial charge in [0.2, 0.25) is 11.8 Å². The van der Waals surface area contributed by atoms with E-state index >= 15 is 0 Å². The summed E-state index contributed by atoms with van der Waals surface area (Å²) in [4.78, 5) is 33.9. The average Bonchev–Trinajstić information content (AvgIpc) is 3.02. The van der Waals surface area contributed by atoms with Gasteiger partial charge in [-0.1, -0.05) is 6.92 Å². The number of carbonyl (C=O) groups excluding carboxylic acids is 2. The van der Waals surface area contributed by atoms with E-state index in [9.17, 15) is 9.59 Å². The van der Waals surface area contributed by atoms with Crippen molar-refractivity contribution in [2.75, 3.05) is 37.6 Å². The molecule has 2 heterocycles. The summed E-state index contributed by atoms with van der Waals surface area (Å²) in [7, 11) is 0. The lowest BCUT2D eigenvalue weighted by atomic mass is 9.90. The number of fused-ring (bicyclic) bond motifs is 1. The molecule has 24 heavy (non-hydrogen) atoms. The summed E-state index contributed by atoms with van der Waals surface area (Å²) >= 11 is 1.73. The molecule has 1 N–H and O–H groups in total. The number of aromatic nitrogens is 1. The molecule has 0 saturated carbocycles. The fraction of sp³-hybridized carbons (Fsp3) is 0.706. The molecule has 0 aromatic carbocycles. The average molecular weight is 350 g/mol. The van der Waals surface area contributed by atoms with Gasteiger partial charge in [-0.3, -0.25) is 9.59 Å². The Bertz CT molecular complexity index is 608. The minimum absolute atomic E-state index is 0.0897. The van der Waals surface area contributed by atoms with Gasteiger partial charge < -0.3 is 15.1 Å². The third-order valence-corrected chi connectivity index (χ3v) is 6.02. The van der Waals surface area contributed by atoms with Gasteiger partial charge in [-0.25, -0.2) is 4.98 Å². The molecule has 6 nitrogen and oxygen atoms in total. The normalized spacial score (nSPS) is 20.7. The number of hydrogen-bond acceptors (Lipinski definition) is 5. The van der Waals surface area contributed by atoms with Crippen LogP contribution in [-0.4, -0.2) is 54.4 Å². The third kappa shape index (κ3) is 3.71. The summed E-state index contributed by atoms with van der Waals surface area (Å²) in [5.41, 5.74) is 1.17. The summed E-state index contributed by atoms with van der Waals surface area (Å²) in [6, 6.07) is 0. The SMILES string of the molecule is CCCNC(=O)C1CCc2nc(N3CCN(C(C)=O)CC3)sc2C1. The van der Waals surface area contributed by atoms with E-state index in [4.69, 9.17) is 4.98 Å². The second-order valence-corrected chi connectivity index (χ2v) is 7.65. The fourth-order valence-electron chi connectivity index (χ4n) is 3.33. The molecular weight excluding hydrogens is 324 g/mol. The van der Waals surface area contributed by atoms with Gasteiger partial charge in [0.05, 0.1) is 5.69 Å². The van der Waals surface area contributed by atoms with Crippen LogP contribution in [0.25, 0.3) is 0 Å². The van der Waals surface area contributed by atoms with Gasteiger partial charge in [0, 0.05) is 50.4 Å². The minimum Gasteiger partial charge on any atom is -0.356 e. The zero-order valence-corrected chi connectivity index (χ0v) is 15.3. The molecule has 0 spiro atoms. The summed E-state index contributed by atoms with van der Waals surface area (Å²) in [6.45, 7) is 7.67. The van der Waals surface area contributed by atoms with Crippen LogP contribution in [-0.2, 0) is 22.4 Å². The van der Waals surface area contributed by atoms with Crippen LogP contribution in [0.2, 0.25) is 0 Å². The van der Waals surface area contributed by atoms with Crippen molar-refractivity contribution in [1.82, 2.24) is 15.2 Å². The molecule has 132 valence electrons. The van der Waals surface area contributed by atoms with Crippen LogP contribution < -0.4 is 10.2 Å². The molecule has 1 aliphatic heterocycles. The number of piperazine rings is 1. The quantitative estimate of drug-likeness (QED) is 0.892. The minimum atomic E-state index is 0.0897. The standard InChI is InChI=1S/C17H26N4O2S/c1-3-6-18-16(23)13-4-5-14-15(11-13)24-17(19-14)21-9-7-20(8-10-21)12(2)22/h13H,3-11H2,1-2H3,(H,18,23). The van der Waals surface area contributed by atoms with Crippen molar-refractivity contribution in [3.63, 3.8) is 0 Å². The second-order valence-electron chi connectivity index (χ2n) is 6.59. The summed E-state index contributed by atoms with van der Waals surface area (Å²) < 4.78 is 0. The molecule has 1 fully saturated rings. The summed E-state index contributed by atoms with van der Waals surface area (Å²) in [6.07, 6.45) is 3.57. The Balaban J connectivity index is 1.61. The maximum absolute atomic E-state index is 12.2. The summed E-state index contributed by atoms with van der Waals surface area (Å²) in [5.74, 6) is 0.424. The van der Waals surface area contributed by atoms with E-state index in [2.05, 4.69) is 17.1 Å². The Morgan fingerprint density at radius 2 is 2.04 bits per heavy atom. The van der Waals surface area contributed by atoms with E-state index in [0.717, 1.165) is 63.5 Å². The maximum Gasteiger partial charge on any atom is 0.223 e. The molecule has 3 rings (SSSR count). The molecule has 0 bridgehead atoms. The molecule has 2 amide bonds. The molecule has 1 saturated heterocycles. The van der Waals surface area contributed by atoms with Crippen LogP contribution in [0.1, 0.15) is 37.3 Å². The van der Waals surface area contributed by atoms with E-state index in [1.54, 1.807) is 18.3 Å². The van der Waals surface area contributed by atoms with Gasteiger partial charge in [-0.05, 0) is 25.7 Å². The molecule has 7 heteroatoms. The lowest BCUT2D eigenvalue weighted by Gasteiger charge is -2.33. The Morgan fingerprint density at radius 3 is 2.71 bits per heavy atom. The first-order chi connectivity index (χ1) is 11.6. The number of rotatable bonds is 4. The van der Waals surface area contributed by atoms with Crippen molar-refractivity contribution in [2.24, 2.45) is 5.92 Å². The Labute approximate surface area is 147 Å². The highest BCUT2D eigenvalue weighted by atomic mass is 32.1. The summed E-state index contributed by atoms with van der Waals surface area (Å²) in [5, 5.41) is 4.07. The lowest BCUT2D eigenvalue weighted by Crippen LogP contribution is -2.48. The van der Waals surface area contributed by atoms with Gasteiger partial charge >= 0.3 is 0 Å². The smallest absolute Gasteiger partial charge is 0.223 e. The number of nitrogens with one attached hydrogen (secondary N) is 1. The Morgan fingerprint density at radius 1 is 1.29 bits per heavy atom. The molecule has 0 radical (unpaired) electrons. The van der Waals surface area contributed by atoms with E-state index in [1.165, 1.54) is 10.6 Å². The number of aryl methyl sites for hydroxylation is 1. The van der Waals surface area contributed by atoms with Crippen molar-refractivity contribution in [3.05, 3.63) is 10.6 Å². The number of amides is 2. The highest BCUT2D eigenvalue weighted by molar-refractivity contribution is 7.15. The highest BCUT2D eigenvalue weighted by Crippen LogP contribution is 2.34. The monoisotopic (exact) mass is 350 g/mol. The van der Waals surface area contributed by atoms with Gasteiger partial charge in [0.15, 0.2) is 5.13 Å². The van der Waals surface area contributed by atoms with Crippen LogP contribution in [0.15, 0.2) is 0 Å². The highest BCUT2D eigenvalue weighted by Gasteiger charge is 2.29. The second kappa shape index (κ2) is 7.51. The Hall–Kier alpha value is -1.63. The molecular formula is C17H26N4O2S. The first kappa shape index (κ1) is 17.2. The first-order valence-corrected chi connectivity index (χ1v) is 9.67.